The van der Waals surface area contributed by atoms with E-state index in [9.17, 15) is 22.4 Å². The van der Waals surface area contributed by atoms with Crippen molar-refractivity contribution in [1.29, 1.82) is 0 Å². The molecule has 2 N–H and O–H groups in total. The molecule has 2 aromatic rings. The summed E-state index contributed by atoms with van der Waals surface area (Å²) in [6.07, 6.45) is 1.54. The van der Waals surface area contributed by atoms with Gasteiger partial charge < -0.3 is 15.3 Å². The molecule has 180 valence electrons. The molecular weight excluding hydrogens is 449 g/mol. The van der Waals surface area contributed by atoms with E-state index >= 15 is 0 Å². The van der Waals surface area contributed by atoms with Gasteiger partial charge in [0.15, 0.2) is 0 Å². The molecule has 0 unspecified atom stereocenters. The molecule has 0 aliphatic carbocycles. The summed E-state index contributed by atoms with van der Waals surface area (Å²) in [5.74, 6) is -1.42. The normalized spacial score (nSPS) is 12.4. The number of aliphatic hydroxyl groups excluding tert-OH is 1. The monoisotopic (exact) mass is 479 g/mol. The Labute approximate surface area is 194 Å². The van der Waals surface area contributed by atoms with Crippen LogP contribution in [0.3, 0.4) is 0 Å². The van der Waals surface area contributed by atoms with Gasteiger partial charge in [-0.1, -0.05) is 42.5 Å². The van der Waals surface area contributed by atoms with Crippen molar-refractivity contribution in [3.8, 4) is 0 Å². The van der Waals surface area contributed by atoms with Crippen molar-refractivity contribution in [3.05, 3.63) is 71.5 Å². The van der Waals surface area contributed by atoms with Crippen LogP contribution in [0.2, 0.25) is 0 Å². The van der Waals surface area contributed by atoms with Crippen LogP contribution in [-0.2, 0) is 32.6 Å². The van der Waals surface area contributed by atoms with Crippen LogP contribution in [0.15, 0.2) is 54.6 Å². The highest BCUT2D eigenvalue weighted by Gasteiger charge is 2.31. The van der Waals surface area contributed by atoms with E-state index in [-0.39, 0.29) is 26.1 Å². The molecule has 0 saturated heterocycles. The van der Waals surface area contributed by atoms with E-state index in [2.05, 4.69) is 5.32 Å². The van der Waals surface area contributed by atoms with Gasteiger partial charge in [0.2, 0.25) is 21.8 Å². The van der Waals surface area contributed by atoms with E-state index in [1.54, 1.807) is 0 Å². The zero-order valence-electron chi connectivity index (χ0n) is 18.8. The quantitative estimate of drug-likeness (QED) is 0.444. The van der Waals surface area contributed by atoms with Gasteiger partial charge in [0, 0.05) is 33.2 Å². The lowest BCUT2D eigenvalue weighted by molar-refractivity contribution is -0.141. The van der Waals surface area contributed by atoms with Gasteiger partial charge in [0.05, 0.1) is 12.8 Å². The predicted octanol–water partition coefficient (Wildman–Crippen LogP) is 1.16. The number of benzene rings is 2. The maximum absolute atomic E-state index is 13.4. The van der Waals surface area contributed by atoms with Gasteiger partial charge in [-0.2, -0.15) is 4.31 Å². The molecule has 0 heterocycles. The molecule has 2 amide bonds. The fraction of sp³-hybridized carbons (Fsp3) is 0.391. The molecule has 0 bridgehead atoms. The number of halogens is 1. The molecule has 0 aromatic heterocycles. The van der Waals surface area contributed by atoms with Gasteiger partial charge in [-0.05, 0) is 29.7 Å². The van der Waals surface area contributed by atoms with Gasteiger partial charge >= 0.3 is 0 Å². The summed E-state index contributed by atoms with van der Waals surface area (Å²) in [5.41, 5.74) is 1.40. The van der Waals surface area contributed by atoms with E-state index in [0.29, 0.717) is 12.0 Å². The summed E-state index contributed by atoms with van der Waals surface area (Å²) in [5, 5.41) is 11.8. The van der Waals surface area contributed by atoms with Gasteiger partial charge in [-0.15, -0.1) is 0 Å². The Kier molecular flexibility index (Phi) is 9.95. The highest BCUT2D eigenvalue weighted by Crippen LogP contribution is 2.16. The van der Waals surface area contributed by atoms with E-state index in [1.807, 2.05) is 30.3 Å². The third-order valence-corrected chi connectivity index (χ3v) is 6.36. The van der Waals surface area contributed by atoms with Crippen molar-refractivity contribution in [2.45, 2.75) is 25.4 Å². The molecule has 2 aromatic carbocycles. The Morgan fingerprint density at radius 2 is 1.70 bits per heavy atom. The van der Waals surface area contributed by atoms with Crippen molar-refractivity contribution in [1.82, 2.24) is 14.5 Å². The Hall–Kier alpha value is -2.82. The van der Waals surface area contributed by atoms with Crippen molar-refractivity contribution in [2.24, 2.45) is 0 Å². The van der Waals surface area contributed by atoms with Gasteiger partial charge in [-0.25, -0.2) is 12.8 Å². The zero-order valence-corrected chi connectivity index (χ0v) is 19.6. The Bertz CT molecular complexity index is 1020. The number of likely N-dealkylation sites (N-methyl/N-ethyl adjacent to an activating group) is 1. The molecule has 1 atom stereocenters. The van der Waals surface area contributed by atoms with E-state index < -0.39 is 40.2 Å². The first kappa shape index (κ1) is 26.4. The van der Waals surface area contributed by atoms with E-state index in [1.165, 1.54) is 36.2 Å². The summed E-state index contributed by atoms with van der Waals surface area (Å²) in [4.78, 5) is 27.7. The SMILES string of the molecule is CN(CC(=O)N(Cc1ccc(F)cc1)[C@@H](Cc1ccccc1)C(=O)NCCCO)S(C)(=O)=O. The number of aliphatic hydroxyl groups is 1. The number of nitrogens with one attached hydrogen (secondary N) is 1. The standard InChI is InChI=1S/C23H30FN3O5S/c1-26(33(2,31)32)17-22(29)27(16-19-9-11-20(24)12-10-19)21(23(30)25-13-6-14-28)15-18-7-4-3-5-8-18/h3-5,7-12,21,28H,6,13-17H2,1-2H3,(H,25,30)/t21-/m0/s1. The third-order valence-electron chi connectivity index (χ3n) is 5.10. The van der Waals surface area contributed by atoms with Crippen LogP contribution < -0.4 is 5.32 Å². The second-order valence-corrected chi connectivity index (χ2v) is 9.83. The Balaban J connectivity index is 2.40. The number of carbonyl (C=O) groups excluding carboxylic acids is 2. The number of sulfonamides is 1. The molecule has 0 saturated carbocycles. The maximum atomic E-state index is 13.4. The maximum Gasteiger partial charge on any atom is 0.243 e. The van der Waals surface area contributed by atoms with Crippen LogP contribution in [0.5, 0.6) is 0 Å². The van der Waals surface area contributed by atoms with Crippen LogP contribution in [0, 0.1) is 5.82 Å². The topological polar surface area (TPSA) is 107 Å². The van der Waals surface area contributed by atoms with Crippen LogP contribution in [0.25, 0.3) is 0 Å². The number of carbonyl (C=O) groups is 2. The second kappa shape index (κ2) is 12.4. The number of amides is 2. The molecule has 10 heteroatoms. The number of nitrogens with zero attached hydrogens (tertiary/aromatic N) is 2. The lowest BCUT2D eigenvalue weighted by Crippen LogP contribution is -2.53. The highest BCUT2D eigenvalue weighted by molar-refractivity contribution is 7.88. The molecule has 0 radical (unpaired) electrons. The first-order chi connectivity index (χ1) is 15.6. The van der Waals surface area contributed by atoms with Crippen LogP contribution in [0.1, 0.15) is 17.5 Å². The van der Waals surface area contributed by atoms with Crippen LogP contribution in [0.4, 0.5) is 4.39 Å². The Morgan fingerprint density at radius 1 is 1.06 bits per heavy atom. The number of rotatable bonds is 12. The van der Waals surface area contributed by atoms with Crippen molar-refractivity contribution < 1.29 is 27.5 Å². The third kappa shape index (κ3) is 8.56. The summed E-state index contributed by atoms with van der Waals surface area (Å²) in [6.45, 7) is -0.333. The van der Waals surface area contributed by atoms with Gasteiger partial charge in [0.1, 0.15) is 11.9 Å². The molecule has 8 nitrogen and oxygen atoms in total. The lowest BCUT2D eigenvalue weighted by atomic mass is 10.0. The predicted molar refractivity (Wildman–Crippen MR) is 123 cm³/mol. The molecule has 0 aliphatic heterocycles. The largest absolute Gasteiger partial charge is 0.396 e. The molecule has 33 heavy (non-hydrogen) atoms. The van der Waals surface area contributed by atoms with Crippen molar-refractivity contribution >= 4 is 21.8 Å². The first-order valence-corrected chi connectivity index (χ1v) is 12.3. The molecule has 0 aliphatic rings. The lowest BCUT2D eigenvalue weighted by Gasteiger charge is -2.32. The first-order valence-electron chi connectivity index (χ1n) is 10.5. The smallest absolute Gasteiger partial charge is 0.243 e. The van der Waals surface area contributed by atoms with Crippen LogP contribution >= 0.6 is 0 Å². The number of hydrogen-bond donors (Lipinski definition) is 2. The van der Waals surface area contributed by atoms with E-state index in [4.69, 9.17) is 5.11 Å². The summed E-state index contributed by atoms with van der Waals surface area (Å²) >= 11 is 0. The summed E-state index contributed by atoms with van der Waals surface area (Å²) in [7, 11) is -2.34. The average molecular weight is 480 g/mol. The minimum absolute atomic E-state index is 0.0123. The zero-order chi connectivity index (χ0) is 24.4. The fourth-order valence-corrected chi connectivity index (χ4v) is 3.49. The summed E-state index contributed by atoms with van der Waals surface area (Å²) < 4.78 is 38.0. The minimum atomic E-state index is -3.62. The molecule has 0 spiro atoms. The summed E-state index contributed by atoms with van der Waals surface area (Å²) in [6, 6.07) is 13.7. The Morgan fingerprint density at radius 3 is 2.27 bits per heavy atom. The highest BCUT2D eigenvalue weighted by atomic mass is 32.2. The van der Waals surface area contributed by atoms with E-state index in [0.717, 1.165) is 16.1 Å². The molecule has 2 rings (SSSR count). The van der Waals surface area contributed by atoms with Gasteiger partial charge in [-0.3, -0.25) is 9.59 Å². The molecular formula is C23H30FN3O5S. The fourth-order valence-electron chi connectivity index (χ4n) is 3.15. The number of hydrogen-bond acceptors (Lipinski definition) is 5. The average Bonchev–Trinajstić information content (AvgIpc) is 2.77. The second-order valence-electron chi connectivity index (χ2n) is 7.74. The molecule has 0 fully saturated rings. The van der Waals surface area contributed by atoms with Crippen molar-refractivity contribution in [2.75, 3.05) is 33.0 Å². The minimum Gasteiger partial charge on any atom is -0.396 e. The van der Waals surface area contributed by atoms with Crippen LogP contribution in [-0.4, -0.2) is 73.6 Å². The van der Waals surface area contributed by atoms with Crippen molar-refractivity contribution in [3.63, 3.8) is 0 Å². The van der Waals surface area contributed by atoms with Gasteiger partial charge in [0.25, 0.3) is 0 Å².